The molecule has 1 aromatic heterocycles. The van der Waals surface area contributed by atoms with Crippen LogP contribution >= 0.6 is 11.6 Å². The predicted molar refractivity (Wildman–Crippen MR) is 67.3 cm³/mol. The van der Waals surface area contributed by atoms with Crippen LogP contribution in [-0.2, 0) is 4.79 Å². The molecule has 5 heteroatoms. The lowest BCUT2D eigenvalue weighted by molar-refractivity contribution is -0.113. The molecule has 1 heterocycles. The molecule has 0 unspecified atom stereocenters. The number of amides is 1. The fourth-order valence-corrected chi connectivity index (χ4v) is 1.66. The Bertz CT molecular complexity index is 575. The summed E-state index contributed by atoms with van der Waals surface area (Å²) in [6.07, 6.45) is 4.52. The SMILES string of the molecule is NC(=O)/C=C\c1cn[nH]c1-c1cccc(Cl)c1. The molecule has 0 saturated heterocycles. The number of aromatic amines is 1. The van der Waals surface area contributed by atoms with Crippen molar-refractivity contribution in [3.05, 3.63) is 47.1 Å². The molecule has 3 N–H and O–H groups in total. The van der Waals surface area contributed by atoms with E-state index in [1.807, 2.05) is 18.2 Å². The van der Waals surface area contributed by atoms with Crippen LogP contribution in [0, 0.1) is 0 Å². The minimum atomic E-state index is -0.497. The van der Waals surface area contributed by atoms with Gasteiger partial charge < -0.3 is 5.73 Å². The Labute approximate surface area is 103 Å². The Hall–Kier alpha value is -2.07. The first-order valence-corrected chi connectivity index (χ1v) is 5.31. The molecule has 0 fully saturated rings. The summed E-state index contributed by atoms with van der Waals surface area (Å²) in [7, 11) is 0. The van der Waals surface area contributed by atoms with Crippen LogP contribution in [0.4, 0.5) is 0 Å². The molecule has 4 nitrogen and oxygen atoms in total. The number of halogens is 1. The van der Waals surface area contributed by atoms with Gasteiger partial charge in [-0.1, -0.05) is 23.7 Å². The number of H-pyrrole nitrogens is 1. The largest absolute Gasteiger partial charge is 0.366 e. The fourth-order valence-electron chi connectivity index (χ4n) is 1.47. The van der Waals surface area contributed by atoms with Crippen molar-refractivity contribution < 1.29 is 4.79 Å². The number of aromatic nitrogens is 2. The first kappa shape index (κ1) is 11.4. The molecule has 0 spiro atoms. The second-order valence-electron chi connectivity index (χ2n) is 3.45. The Kier molecular flexibility index (Phi) is 3.25. The van der Waals surface area contributed by atoms with E-state index < -0.39 is 5.91 Å². The molecular weight excluding hydrogens is 238 g/mol. The second-order valence-corrected chi connectivity index (χ2v) is 3.88. The highest BCUT2D eigenvalue weighted by Crippen LogP contribution is 2.24. The number of carbonyl (C=O) groups is 1. The van der Waals surface area contributed by atoms with Crippen molar-refractivity contribution >= 4 is 23.6 Å². The quantitative estimate of drug-likeness (QED) is 0.817. The smallest absolute Gasteiger partial charge is 0.241 e. The molecule has 0 aliphatic carbocycles. The van der Waals surface area contributed by atoms with Gasteiger partial charge in [-0.3, -0.25) is 9.89 Å². The molecule has 2 rings (SSSR count). The van der Waals surface area contributed by atoms with Crippen LogP contribution in [-0.4, -0.2) is 16.1 Å². The zero-order valence-corrected chi connectivity index (χ0v) is 9.61. The first-order chi connectivity index (χ1) is 8.16. The molecule has 0 atom stereocenters. The molecule has 0 radical (unpaired) electrons. The number of carbonyl (C=O) groups excluding carboxylic acids is 1. The lowest BCUT2D eigenvalue weighted by Gasteiger charge is -2.00. The van der Waals surface area contributed by atoms with E-state index in [1.165, 1.54) is 6.08 Å². The van der Waals surface area contributed by atoms with E-state index in [0.29, 0.717) is 5.02 Å². The highest BCUT2D eigenvalue weighted by molar-refractivity contribution is 6.30. The molecule has 0 bridgehead atoms. The van der Waals surface area contributed by atoms with Gasteiger partial charge in [0.05, 0.1) is 11.9 Å². The van der Waals surface area contributed by atoms with Crippen molar-refractivity contribution in [1.82, 2.24) is 10.2 Å². The number of hydrogen-bond donors (Lipinski definition) is 2. The summed E-state index contributed by atoms with van der Waals surface area (Å²) in [6.45, 7) is 0. The number of hydrogen-bond acceptors (Lipinski definition) is 2. The van der Waals surface area contributed by atoms with Crippen LogP contribution in [0.25, 0.3) is 17.3 Å². The summed E-state index contributed by atoms with van der Waals surface area (Å²) in [5.74, 6) is -0.497. The van der Waals surface area contributed by atoms with Crippen molar-refractivity contribution in [3.8, 4) is 11.3 Å². The Balaban J connectivity index is 2.40. The number of nitrogens with zero attached hydrogens (tertiary/aromatic N) is 1. The second kappa shape index (κ2) is 4.84. The van der Waals surface area contributed by atoms with E-state index in [-0.39, 0.29) is 0 Å². The van der Waals surface area contributed by atoms with Gasteiger partial charge in [0.2, 0.25) is 5.91 Å². The third-order valence-corrected chi connectivity index (χ3v) is 2.44. The van der Waals surface area contributed by atoms with Gasteiger partial charge in [-0.2, -0.15) is 5.10 Å². The van der Waals surface area contributed by atoms with E-state index >= 15 is 0 Å². The standard InChI is InChI=1S/C12H10ClN3O/c13-10-3-1-2-8(6-10)12-9(7-15-16-12)4-5-11(14)17/h1-7H,(H2,14,17)(H,15,16)/b5-4-. The molecule has 1 amide bonds. The van der Waals surface area contributed by atoms with Gasteiger partial charge in [0.15, 0.2) is 0 Å². The zero-order valence-electron chi connectivity index (χ0n) is 8.85. The van der Waals surface area contributed by atoms with Gasteiger partial charge in [-0.15, -0.1) is 0 Å². The molecule has 0 saturated carbocycles. The highest BCUT2D eigenvalue weighted by atomic mass is 35.5. The van der Waals surface area contributed by atoms with Gasteiger partial charge in [0.1, 0.15) is 0 Å². The molecular formula is C12H10ClN3O. The summed E-state index contributed by atoms with van der Waals surface area (Å²) in [4.78, 5) is 10.7. The lowest BCUT2D eigenvalue weighted by Crippen LogP contribution is -2.05. The van der Waals surface area contributed by atoms with E-state index in [4.69, 9.17) is 17.3 Å². The number of rotatable bonds is 3. The van der Waals surface area contributed by atoms with Crippen LogP contribution in [0.15, 0.2) is 36.5 Å². The van der Waals surface area contributed by atoms with Crippen LogP contribution < -0.4 is 5.73 Å². The first-order valence-electron chi connectivity index (χ1n) is 4.93. The molecule has 2 aromatic rings. The molecule has 0 aliphatic rings. The number of nitrogens with two attached hydrogens (primary N) is 1. The van der Waals surface area contributed by atoms with E-state index in [9.17, 15) is 4.79 Å². The summed E-state index contributed by atoms with van der Waals surface area (Å²) in [5, 5.41) is 7.44. The van der Waals surface area contributed by atoms with Gasteiger partial charge in [0, 0.05) is 22.2 Å². The van der Waals surface area contributed by atoms with E-state index in [0.717, 1.165) is 16.8 Å². The van der Waals surface area contributed by atoms with Crippen LogP contribution in [0.2, 0.25) is 5.02 Å². The average molecular weight is 248 g/mol. The maximum Gasteiger partial charge on any atom is 0.241 e. The Morgan fingerprint density at radius 1 is 1.47 bits per heavy atom. The normalized spacial score (nSPS) is 10.9. The van der Waals surface area contributed by atoms with Crippen molar-refractivity contribution in [2.75, 3.05) is 0 Å². The monoisotopic (exact) mass is 247 g/mol. The number of benzene rings is 1. The average Bonchev–Trinajstić information content (AvgIpc) is 2.74. The van der Waals surface area contributed by atoms with Gasteiger partial charge >= 0.3 is 0 Å². The summed E-state index contributed by atoms with van der Waals surface area (Å²) < 4.78 is 0. The molecule has 86 valence electrons. The maximum absolute atomic E-state index is 10.7. The molecule has 1 aromatic carbocycles. The van der Waals surface area contributed by atoms with E-state index in [1.54, 1.807) is 18.3 Å². The fraction of sp³-hybridized carbons (Fsp3) is 0. The Morgan fingerprint density at radius 3 is 3.00 bits per heavy atom. The van der Waals surface area contributed by atoms with E-state index in [2.05, 4.69) is 10.2 Å². The van der Waals surface area contributed by atoms with Crippen molar-refractivity contribution in [3.63, 3.8) is 0 Å². The van der Waals surface area contributed by atoms with Gasteiger partial charge in [-0.25, -0.2) is 0 Å². The minimum Gasteiger partial charge on any atom is -0.366 e. The van der Waals surface area contributed by atoms with Crippen LogP contribution in [0.3, 0.4) is 0 Å². The van der Waals surface area contributed by atoms with Gasteiger partial charge in [0.25, 0.3) is 0 Å². The van der Waals surface area contributed by atoms with Crippen molar-refractivity contribution in [1.29, 1.82) is 0 Å². The van der Waals surface area contributed by atoms with Crippen LogP contribution in [0.1, 0.15) is 5.56 Å². The maximum atomic E-state index is 10.7. The zero-order chi connectivity index (χ0) is 12.3. The summed E-state index contributed by atoms with van der Waals surface area (Å²) in [5.41, 5.74) is 7.53. The van der Waals surface area contributed by atoms with Gasteiger partial charge in [-0.05, 0) is 18.2 Å². The van der Waals surface area contributed by atoms with Crippen molar-refractivity contribution in [2.45, 2.75) is 0 Å². The number of primary amides is 1. The topological polar surface area (TPSA) is 71.8 Å². The lowest BCUT2D eigenvalue weighted by atomic mass is 10.1. The summed E-state index contributed by atoms with van der Waals surface area (Å²) in [6, 6.07) is 7.36. The summed E-state index contributed by atoms with van der Waals surface area (Å²) >= 11 is 5.92. The molecule has 0 aliphatic heterocycles. The highest BCUT2D eigenvalue weighted by Gasteiger charge is 2.05. The third kappa shape index (κ3) is 2.73. The number of nitrogens with one attached hydrogen (secondary N) is 1. The Morgan fingerprint density at radius 2 is 2.29 bits per heavy atom. The third-order valence-electron chi connectivity index (χ3n) is 2.21. The molecule has 17 heavy (non-hydrogen) atoms. The minimum absolute atomic E-state index is 0.497. The predicted octanol–water partition coefficient (Wildman–Crippen LogP) is 2.23. The van der Waals surface area contributed by atoms with Crippen LogP contribution in [0.5, 0.6) is 0 Å². The van der Waals surface area contributed by atoms with Crippen molar-refractivity contribution in [2.24, 2.45) is 5.73 Å².